The zero-order valence-electron chi connectivity index (χ0n) is 19.0. The average molecular weight is 508 g/mol. The van der Waals surface area contributed by atoms with Crippen LogP contribution in [0, 0.1) is 20.2 Å². The number of carbonyl (C=O) groups excluding carboxylic acids is 4. The molecule has 0 radical (unpaired) electrons. The number of hydrogen-bond donors (Lipinski definition) is 0. The van der Waals surface area contributed by atoms with Crippen molar-refractivity contribution in [1.82, 2.24) is 0 Å². The van der Waals surface area contributed by atoms with Gasteiger partial charge in [-0.15, -0.1) is 0 Å². The highest BCUT2D eigenvalue weighted by Crippen LogP contribution is 2.42. The van der Waals surface area contributed by atoms with Crippen LogP contribution in [0.1, 0.15) is 41.4 Å². The van der Waals surface area contributed by atoms with Gasteiger partial charge in [-0.2, -0.15) is 0 Å². The predicted molar refractivity (Wildman–Crippen MR) is 132 cm³/mol. The summed E-state index contributed by atoms with van der Waals surface area (Å²) in [6.07, 6.45) is 0. The zero-order chi connectivity index (χ0) is 26.9. The van der Waals surface area contributed by atoms with Gasteiger partial charge in [0, 0.05) is 45.2 Å². The quantitative estimate of drug-likeness (QED) is 0.224. The summed E-state index contributed by atoms with van der Waals surface area (Å²) in [7, 11) is 0. The van der Waals surface area contributed by atoms with Crippen LogP contribution >= 0.6 is 0 Å². The van der Waals surface area contributed by atoms with Crippen molar-refractivity contribution in [3.8, 4) is 0 Å². The van der Waals surface area contributed by atoms with Crippen molar-refractivity contribution in [2.45, 2.75) is 0 Å². The lowest BCUT2D eigenvalue weighted by molar-refractivity contribution is -0.384. The summed E-state index contributed by atoms with van der Waals surface area (Å²) < 4.78 is 0. The van der Waals surface area contributed by atoms with E-state index in [0.29, 0.717) is 9.80 Å². The van der Waals surface area contributed by atoms with Crippen molar-refractivity contribution in [3.63, 3.8) is 0 Å². The van der Waals surface area contributed by atoms with Gasteiger partial charge in [-0.05, 0) is 36.4 Å². The van der Waals surface area contributed by atoms with Crippen molar-refractivity contribution in [1.29, 1.82) is 0 Å². The number of imide groups is 2. The number of nitrogens with zero attached hydrogens (tertiary/aromatic N) is 4. The number of nitro groups is 2. The molecule has 12 nitrogen and oxygen atoms in total. The van der Waals surface area contributed by atoms with Crippen LogP contribution in [0.2, 0.25) is 0 Å². The van der Waals surface area contributed by atoms with Gasteiger partial charge in [0.05, 0.1) is 9.85 Å². The van der Waals surface area contributed by atoms with Gasteiger partial charge in [0.1, 0.15) is 11.4 Å². The van der Waals surface area contributed by atoms with Gasteiger partial charge >= 0.3 is 0 Å². The molecule has 0 saturated carbocycles. The molecule has 0 unspecified atom stereocenters. The molecule has 2 aliphatic rings. The Kier molecular flexibility index (Phi) is 4.69. The summed E-state index contributed by atoms with van der Waals surface area (Å²) in [5.74, 6) is -3.44. The fourth-order valence-corrected chi connectivity index (χ4v) is 4.93. The molecule has 4 aromatic rings. The highest BCUT2D eigenvalue weighted by atomic mass is 16.6. The third-order valence-corrected chi connectivity index (χ3v) is 6.53. The number of hydrogen-bond acceptors (Lipinski definition) is 8. The van der Waals surface area contributed by atoms with E-state index in [9.17, 15) is 39.4 Å². The van der Waals surface area contributed by atoms with E-state index in [4.69, 9.17) is 0 Å². The molecule has 4 aromatic carbocycles. The minimum absolute atomic E-state index is 0.0295. The number of amides is 4. The van der Waals surface area contributed by atoms with Gasteiger partial charge in [-0.25, -0.2) is 9.80 Å². The summed E-state index contributed by atoms with van der Waals surface area (Å²) in [6.45, 7) is 0. The zero-order valence-corrected chi connectivity index (χ0v) is 19.0. The summed E-state index contributed by atoms with van der Waals surface area (Å²) in [4.78, 5) is 77.2. The van der Waals surface area contributed by atoms with Gasteiger partial charge in [-0.3, -0.25) is 39.4 Å². The van der Waals surface area contributed by atoms with E-state index in [1.54, 1.807) is 0 Å². The molecule has 0 saturated heterocycles. The molecule has 0 fully saturated rings. The first-order valence-corrected chi connectivity index (χ1v) is 11.1. The van der Waals surface area contributed by atoms with Gasteiger partial charge in [0.15, 0.2) is 0 Å². The van der Waals surface area contributed by atoms with Gasteiger partial charge < -0.3 is 0 Å². The third-order valence-electron chi connectivity index (χ3n) is 6.53. The second-order valence-corrected chi connectivity index (χ2v) is 8.45. The fraction of sp³-hybridized carbons (Fsp3) is 0. The molecule has 0 atom stereocenters. The van der Waals surface area contributed by atoms with Crippen LogP contribution < -0.4 is 9.80 Å². The molecule has 184 valence electrons. The highest BCUT2D eigenvalue weighted by molar-refractivity contribution is 6.42. The van der Waals surface area contributed by atoms with Crippen molar-refractivity contribution in [3.05, 3.63) is 115 Å². The number of para-hydroxylation sites is 4. The molecular formula is C26H12N4O8. The largest absolute Gasteiger partial charge is 0.293 e. The maximum Gasteiger partial charge on any atom is 0.293 e. The highest BCUT2D eigenvalue weighted by Gasteiger charge is 2.43. The summed E-state index contributed by atoms with van der Waals surface area (Å²) in [5.41, 5.74) is -1.46. The lowest BCUT2D eigenvalue weighted by Gasteiger charge is -2.31. The smallest absolute Gasteiger partial charge is 0.268 e. The van der Waals surface area contributed by atoms with Crippen LogP contribution in [-0.2, 0) is 0 Å². The molecule has 2 heterocycles. The Balaban J connectivity index is 1.56. The Morgan fingerprint density at radius 1 is 0.474 bits per heavy atom. The molecule has 0 aromatic heterocycles. The molecule has 4 amide bonds. The third kappa shape index (κ3) is 2.91. The van der Waals surface area contributed by atoms with Crippen LogP contribution in [0.15, 0.2) is 72.8 Å². The van der Waals surface area contributed by atoms with Gasteiger partial charge in [-0.1, -0.05) is 24.3 Å². The average Bonchev–Trinajstić information content (AvgIpc) is 2.91. The van der Waals surface area contributed by atoms with Crippen molar-refractivity contribution < 1.29 is 29.0 Å². The molecule has 0 bridgehead atoms. The molecule has 6 rings (SSSR count). The van der Waals surface area contributed by atoms with E-state index in [1.165, 1.54) is 72.8 Å². The normalized spacial score (nSPS) is 14.3. The first kappa shape index (κ1) is 22.7. The fourth-order valence-electron chi connectivity index (χ4n) is 4.93. The number of carbonyl (C=O) groups is 4. The molecule has 2 aliphatic heterocycles. The van der Waals surface area contributed by atoms with E-state index in [-0.39, 0.29) is 44.4 Å². The van der Waals surface area contributed by atoms with Crippen LogP contribution in [-0.4, -0.2) is 33.5 Å². The maximum absolute atomic E-state index is 13.5. The summed E-state index contributed by atoms with van der Waals surface area (Å²) >= 11 is 0. The Hall–Kier alpha value is -5.78. The number of anilines is 2. The molecule has 0 aliphatic carbocycles. The van der Waals surface area contributed by atoms with E-state index in [0.717, 1.165) is 0 Å². The van der Waals surface area contributed by atoms with Crippen molar-refractivity contribution >= 4 is 57.2 Å². The standard InChI is InChI=1S/C26H12N4O8/c31-23-13-9-11-15-22-16(26(34)28(25(15)33)18-6-2-4-8-20(18)30(37)38)12-10-14(21(13)22)24(32)27(23)17-5-1-3-7-19(17)29(35)36/h1-12H. The second kappa shape index (κ2) is 7.86. The van der Waals surface area contributed by atoms with E-state index in [1.807, 2.05) is 0 Å². The van der Waals surface area contributed by atoms with E-state index >= 15 is 0 Å². The van der Waals surface area contributed by atoms with Crippen LogP contribution in [0.5, 0.6) is 0 Å². The SMILES string of the molecule is O=C1c2ccc3c4c(ccc(c24)C(=O)N1c1ccccc1[N+](=O)[O-])C(=O)N(c1ccccc1[N+](=O)[O-])C3=O. The number of benzene rings is 4. The minimum atomic E-state index is -0.860. The maximum atomic E-state index is 13.5. The Morgan fingerprint density at radius 2 is 0.763 bits per heavy atom. The predicted octanol–water partition coefficient (Wildman–Crippen LogP) is 4.26. The molecular weight excluding hydrogens is 496 g/mol. The minimum Gasteiger partial charge on any atom is -0.268 e. The molecule has 38 heavy (non-hydrogen) atoms. The van der Waals surface area contributed by atoms with E-state index < -0.39 is 44.9 Å². The van der Waals surface area contributed by atoms with Crippen LogP contribution in [0.25, 0.3) is 10.8 Å². The Labute approximate surface area is 211 Å². The van der Waals surface area contributed by atoms with Crippen molar-refractivity contribution in [2.75, 3.05) is 9.80 Å². The Bertz CT molecular complexity index is 1630. The first-order chi connectivity index (χ1) is 18.2. The summed E-state index contributed by atoms with van der Waals surface area (Å²) in [6, 6.07) is 15.8. The number of nitro benzene ring substituents is 2. The Morgan fingerprint density at radius 3 is 1.05 bits per heavy atom. The second-order valence-electron chi connectivity index (χ2n) is 8.45. The van der Waals surface area contributed by atoms with Gasteiger partial charge in [0.25, 0.3) is 35.0 Å². The summed E-state index contributed by atoms with van der Waals surface area (Å²) in [5, 5.41) is 23.3. The molecule has 0 spiro atoms. The van der Waals surface area contributed by atoms with Crippen LogP contribution in [0.3, 0.4) is 0 Å². The van der Waals surface area contributed by atoms with E-state index in [2.05, 4.69) is 0 Å². The number of rotatable bonds is 4. The van der Waals surface area contributed by atoms with Crippen LogP contribution in [0.4, 0.5) is 22.7 Å². The topological polar surface area (TPSA) is 161 Å². The lowest BCUT2D eigenvalue weighted by atomic mass is 9.85. The lowest BCUT2D eigenvalue weighted by Crippen LogP contribution is -2.43. The first-order valence-electron chi connectivity index (χ1n) is 11.1. The van der Waals surface area contributed by atoms with Crippen molar-refractivity contribution in [2.24, 2.45) is 0 Å². The monoisotopic (exact) mass is 508 g/mol. The molecule has 0 N–H and O–H groups in total. The van der Waals surface area contributed by atoms with Gasteiger partial charge in [0.2, 0.25) is 0 Å². The molecule has 12 heteroatoms.